The predicted molar refractivity (Wildman–Crippen MR) is 129 cm³/mol. The lowest BCUT2D eigenvalue weighted by molar-refractivity contribution is -0.142. The number of hydrogen-bond acceptors (Lipinski definition) is 4. The second kappa shape index (κ2) is 24.8. The lowest BCUT2D eigenvalue weighted by Gasteiger charge is -2.02. The Bertz CT molecular complexity index is 475. The number of rotatable bonds is 21. The second-order valence-corrected chi connectivity index (χ2v) is 8.57. The Morgan fingerprint density at radius 3 is 1.39 bits per heavy atom. The van der Waals surface area contributed by atoms with E-state index in [0.29, 0.717) is 12.8 Å². The number of ether oxygens (including phenoxy) is 2. The molecule has 0 heterocycles. The van der Waals surface area contributed by atoms with Gasteiger partial charge in [-0.3, -0.25) is 9.59 Å². The summed E-state index contributed by atoms with van der Waals surface area (Å²) in [5.41, 5.74) is 0. The summed E-state index contributed by atoms with van der Waals surface area (Å²) in [6.45, 7) is 4.45. The molecular weight excluding hydrogens is 388 g/mol. The average molecular weight is 437 g/mol. The molecule has 0 aromatic carbocycles. The van der Waals surface area contributed by atoms with Crippen LogP contribution in [0.5, 0.6) is 0 Å². The van der Waals surface area contributed by atoms with Crippen molar-refractivity contribution >= 4 is 11.9 Å². The van der Waals surface area contributed by atoms with Crippen molar-refractivity contribution in [2.24, 2.45) is 0 Å². The predicted octanol–water partition coefficient (Wildman–Crippen LogP) is 7.88. The van der Waals surface area contributed by atoms with Crippen molar-refractivity contribution in [3.63, 3.8) is 0 Å². The largest absolute Gasteiger partial charge is 0.452 e. The van der Waals surface area contributed by atoms with Crippen molar-refractivity contribution in [1.29, 1.82) is 0 Å². The third kappa shape index (κ3) is 24.6. The van der Waals surface area contributed by atoms with E-state index in [0.717, 1.165) is 25.7 Å². The quantitative estimate of drug-likeness (QED) is 0.104. The summed E-state index contributed by atoms with van der Waals surface area (Å²) in [5, 5.41) is 0. The maximum Gasteiger partial charge on any atom is 0.319 e. The van der Waals surface area contributed by atoms with Gasteiger partial charge in [-0.2, -0.15) is 0 Å². The number of unbranched alkanes of at least 4 members (excludes halogenated alkanes) is 16. The van der Waals surface area contributed by atoms with Gasteiger partial charge >= 0.3 is 11.9 Å². The van der Waals surface area contributed by atoms with Crippen LogP contribution >= 0.6 is 0 Å². The zero-order chi connectivity index (χ0) is 22.8. The highest BCUT2D eigenvalue weighted by Crippen LogP contribution is 2.11. The highest BCUT2D eigenvalue weighted by Gasteiger charge is 2.03. The molecule has 0 saturated heterocycles. The van der Waals surface area contributed by atoms with Crippen LogP contribution in [-0.2, 0) is 19.1 Å². The number of carbonyl (C=O) groups excluding carboxylic acids is 2. The van der Waals surface area contributed by atoms with Crippen LogP contribution in [0, 0.1) is 12.0 Å². The van der Waals surface area contributed by atoms with Crippen LogP contribution in [0.2, 0.25) is 0 Å². The van der Waals surface area contributed by atoms with Gasteiger partial charge in [-0.1, -0.05) is 117 Å². The van der Waals surface area contributed by atoms with Gasteiger partial charge in [-0.15, -0.1) is 0 Å². The molecule has 0 atom stereocenters. The zero-order valence-corrected chi connectivity index (χ0v) is 20.5. The Morgan fingerprint density at radius 1 is 0.548 bits per heavy atom. The van der Waals surface area contributed by atoms with E-state index in [9.17, 15) is 9.59 Å². The molecule has 4 nitrogen and oxygen atoms in total. The first kappa shape index (κ1) is 29.5. The minimum Gasteiger partial charge on any atom is -0.452 e. The lowest BCUT2D eigenvalue weighted by Crippen LogP contribution is -2.05. The summed E-state index contributed by atoms with van der Waals surface area (Å²) in [5.74, 6) is 2.06. The van der Waals surface area contributed by atoms with Gasteiger partial charge in [0.1, 0.15) is 6.11 Å². The summed E-state index contributed by atoms with van der Waals surface area (Å²) in [7, 11) is 0. The standard InChI is InChI=1S/C27H48O4/c1-3-5-7-9-11-13-15-17-19-22-26(28)30-24-21-25-31-27(29)23-20-18-16-14-12-10-8-6-4-2/h3-20,22-24H2,1-2H3. The fraction of sp³-hybridized carbons (Fsp3) is 0.852. The van der Waals surface area contributed by atoms with Crippen LogP contribution in [0.15, 0.2) is 0 Å². The Labute approximate surface area is 192 Å². The summed E-state index contributed by atoms with van der Waals surface area (Å²) >= 11 is 0. The van der Waals surface area contributed by atoms with Gasteiger partial charge in [0.15, 0.2) is 6.61 Å². The molecule has 31 heavy (non-hydrogen) atoms. The Hall–Kier alpha value is -1.50. The topological polar surface area (TPSA) is 52.6 Å². The van der Waals surface area contributed by atoms with Crippen molar-refractivity contribution in [2.45, 2.75) is 142 Å². The molecule has 0 amide bonds. The summed E-state index contributed by atoms with van der Waals surface area (Å²) in [6.07, 6.45) is 25.1. The highest BCUT2D eigenvalue weighted by molar-refractivity contribution is 5.70. The van der Waals surface area contributed by atoms with E-state index < -0.39 is 0 Å². The minimum atomic E-state index is -0.295. The molecule has 180 valence electrons. The number of hydrogen-bond donors (Lipinski definition) is 0. The molecule has 0 saturated carbocycles. The van der Waals surface area contributed by atoms with Crippen molar-refractivity contribution in [1.82, 2.24) is 0 Å². The van der Waals surface area contributed by atoms with Crippen LogP contribution in [0.25, 0.3) is 0 Å². The van der Waals surface area contributed by atoms with E-state index in [1.807, 2.05) is 0 Å². The molecule has 0 fully saturated rings. The Balaban J connectivity index is 3.42. The molecule has 0 aromatic heterocycles. The van der Waals surface area contributed by atoms with Gasteiger partial charge < -0.3 is 9.47 Å². The average Bonchev–Trinajstić information content (AvgIpc) is 2.76. The molecule has 0 spiro atoms. The fourth-order valence-electron chi connectivity index (χ4n) is 3.52. The Morgan fingerprint density at radius 2 is 0.935 bits per heavy atom. The van der Waals surface area contributed by atoms with Crippen LogP contribution in [0.1, 0.15) is 142 Å². The first-order valence-corrected chi connectivity index (χ1v) is 13.0. The summed E-state index contributed by atoms with van der Waals surface area (Å²) < 4.78 is 9.92. The van der Waals surface area contributed by atoms with Crippen LogP contribution in [0.4, 0.5) is 0 Å². The number of carbonyl (C=O) groups is 2. The fourth-order valence-corrected chi connectivity index (χ4v) is 3.52. The van der Waals surface area contributed by atoms with Gasteiger partial charge in [0, 0.05) is 12.8 Å². The molecule has 4 heteroatoms. The molecule has 0 aliphatic carbocycles. The van der Waals surface area contributed by atoms with Gasteiger partial charge in [-0.25, -0.2) is 0 Å². The third-order valence-electron chi connectivity index (χ3n) is 5.51. The zero-order valence-electron chi connectivity index (χ0n) is 20.5. The normalized spacial score (nSPS) is 10.4. The first-order chi connectivity index (χ1) is 15.2. The van der Waals surface area contributed by atoms with Crippen LogP contribution < -0.4 is 0 Å². The monoisotopic (exact) mass is 436 g/mol. The van der Waals surface area contributed by atoms with Crippen LogP contribution in [-0.4, -0.2) is 18.5 Å². The highest BCUT2D eigenvalue weighted by atomic mass is 16.5. The van der Waals surface area contributed by atoms with Crippen molar-refractivity contribution in [2.75, 3.05) is 6.61 Å². The maximum atomic E-state index is 11.7. The van der Waals surface area contributed by atoms with E-state index in [1.165, 1.54) is 89.9 Å². The molecular formula is C27H48O4. The van der Waals surface area contributed by atoms with E-state index in [-0.39, 0.29) is 18.5 Å². The third-order valence-corrected chi connectivity index (χ3v) is 5.51. The SMILES string of the molecule is CCCCCCCCCCCC(=O)OC#CCOC(=O)CCCCCCCCCCC. The van der Waals surface area contributed by atoms with E-state index in [2.05, 4.69) is 25.9 Å². The second-order valence-electron chi connectivity index (χ2n) is 8.57. The van der Waals surface area contributed by atoms with Crippen molar-refractivity contribution in [3.8, 4) is 12.0 Å². The molecule has 0 rings (SSSR count). The Kier molecular flexibility index (Phi) is 23.6. The van der Waals surface area contributed by atoms with Crippen molar-refractivity contribution in [3.05, 3.63) is 0 Å². The molecule has 0 unspecified atom stereocenters. The molecule has 0 aromatic rings. The molecule has 0 radical (unpaired) electrons. The number of esters is 2. The first-order valence-electron chi connectivity index (χ1n) is 13.0. The van der Waals surface area contributed by atoms with Gasteiger partial charge in [0.2, 0.25) is 0 Å². The molecule has 0 aliphatic heterocycles. The van der Waals surface area contributed by atoms with Gasteiger partial charge in [0.25, 0.3) is 0 Å². The summed E-state index contributed by atoms with van der Waals surface area (Å²) in [4.78, 5) is 23.3. The van der Waals surface area contributed by atoms with E-state index in [4.69, 9.17) is 9.47 Å². The molecule has 0 bridgehead atoms. The van der Waals surface area contributed by atoms with E-state index >= 15 is 0 Å². The van der Waals surface area contributed by atoms with Gasteiger partial charge in [0.05, 0.1) is 0 Å². The summed E-state index contributed by atoms with van der Waals surface area (Å²) in [6, 6.07) is 0. The minimum absolute atomic E-state index is 0.0123. The van der Waals surface area contributed by atoms with Gasteiger partial charge in [-0.05, 0) is 18.8 Å². The lowest BCUT2D eigenvalue weighted by atomic mass is 10.1. The van der Waals surface area contributed by atoms with Crippen molar-refractivity contribution < 1.29 is 19.1 Å². The molecule has 0 N–H and O–H groups in total. The smallest absolute Gasteiger partial charge is 0.319 e. The molecule has 0 aliphatic rings. The van der Waals surface area contributed by atoms with Crippen LogP contribution in [0.3, 0.4) is 0 Å². The maximum absolute atomic E-state index is 11.7. The van der Waals surface area contributed by atoms with E-state index in [1.54, 1.807) is 0 Å².